The Hall–Kier alpha value is -3.15. The maximum absolute atomic E-state index is 12.2. The summed E-state index contributed by atoms with van der Waals surface area (Å²) in [5.41, 5.74) is 3.00. The highest BCUT2D eigenvalue weighted by molar-refractivity contribution is 6.39. The Morgan fingerprint density at radius 2 is 1.92 bits per heavy atom. The summed E-state index contributed by atoms with van der Waals surface area (Å²) >= 11 is 0. The number of carbonyl (C=O) groups excluding carboxylic acids is 1. The maximum atomic E-state index is 12.2. The van der Waals surface area contributed by atoms with Gasteiger partial charge in [0.2, 0.25) is 0 Å². The van der Waals surface area contributed by atoms with Gasteiger partial charge in [0.15, 0.2) is 11.5 Å². The quantitative estimate of drug-likeness (QED) is 0.778. The van der Waals surface area contributed by atoms with Crippen LogP contribution in [0.5, 0.6) is 0 Å². The Kier molecular flexibility index (Phi) is 4.16. The van der Waals surface area contributed by atoms with Gasteiger partial charge in [-0.05, 0) is 17.7 Å². The molecule has 0 spiro atoms. The smallest absolute Gasteiger partial charge is 0.269 e. The normalized spacial score (nSPS) is 16.5. The van der Waals surface area contributed by atoms with Crippen molar-refractivity contribution in [1.29, 1.82) is 0 Å². The third-order valence-electron chi connectivity index (χ3n) is 4.03. The second kappa shape index (κ2) is 6.76. The number of rotatable bonds is 5. The van der Waals surface area contributed by atoms with E-state index in [1.54, 1.807) is 0 Å². The lowest BCUT2D eigenvalue weighted by molar-refractivity contribution is -0.115. The standard InChI is InChI=1S/C19H17N3O3/c23-19(20-12-13-6-2-1-3-7-13)16-10-14(25-22-16)11-18-21-15-8-4-5-9-17(15)24-18/h1-9,14H,10-12H2,(H,20,23)/t14-/m1/s1. The van der Waals surface area contributed by atoms with Crippen molar-refractivity contribution in [3.8, 4) is 0 Å². The fourth-order valence-electron chi connectivity index (χ4n) is 2.75. The highest BCUT2D eigenvalue weighted by Crippen LogP contribution is 2.20. The summed E-state index contributed by atoms with van der Waals surface area (Å²) in [7, 11) is 0. The molecular formula is C19H17N3O3. The first-order chi connectivity index (χ1) is 12.3. The molecule has 1 amide bonds. The second-order valence-corrected chi connectivity index (χ2v) is 5.92. The molecule has 0 radical (unpaired) electrons. The van der Waals surface area contributed by atoms with Crippen LogP contribution in [0.1, 0.15) is 17.9 Å². The topological polar surface area (TPSA) is 76.7 Å². The molecule has 25 heavy (non-hydrogen) atoms. The molecule has 2 heterocycles. The van der Waals surface area contributed by atoms with Gasteiger partial charge >= 0.3 is 0 Å². The Labute approximate surface area is 144 Å². The van der Waals surface area contributed by atoms with Crippen molar-refractivity contribution in [3.05, 3.63) is 66.1 Å². The van der Waals surface area contributed by atoms with E-state index < -0.39 is 0 Å². The van der Waals surface area contributed by atoms with Gasteiger partial charge in [-0.15, -0.1) is 0 Å². The minimum Gasteiger partial charge on any atom is -0.441 e. The lowest BCUT2D eigenvalue weighted by Crippen LogP contribution is -2.30. The van der Waals surface area contributed by atoms with Crippen LogP contribution in [0, 0.1) is 0 Å². The average molecular weight is 335 g/mol. The number of aromatic nitrogens is 1. The molecule has 1 aliphatic heterocycles. The number of benzene rings is 2. The number of hydrogen-bond donors (Lipinski definition) is 1. The molecule has 2 aromatic carbocycles. The number of hydrogen-bond acceptors (Lipinski definition) is 5. The van der Waals surface area contributed by atoms with Crippen molar-refractivity contribution >= 4 is 22.7 Å². The summed E-state index contributed by atoms with van der Waals surface area (Å²) in [5.74, 6) is 0.385. The first-order valence-electron chi connectivity index (χ1n) is 8.17. The van der Waals surface area contributed by atoms with E-state index in [1.165, 1.54) is 0 Å². The third-order valence-corrected chi connectivity index (χ3v) is 4.03. The molecule has 1 aromatic heterocycles. The highest BCUT2D eigenvalue weighted by atomic mass is 16.6. The molecule has 0 bridgehead atoms. The van der Waals surface area contributed by atoms with E-state index in [-0.39, 0.29) is 12.0 Å². The largest absolute Gasteiger partial charge is 0.441 e. The van der Waals surface area contributed by atoms with Crippen LogP contribution in [-0.2, 0) is 22.6 Å². The lowest BCUT2D eigenvalue weighted by atomic mass is 10.1. The summed E-state index contributed by atoms with van der Waals surface area (Å²) in [6.45, 7) is 0.467. The number of para-hydroxylation sites is 2. The van der Waals surface area contributed by atoms with E-state index >= 15 is 0 Å². The van der Waals surface area contributed by atoms with Crippen molar-refractivity contribution in [2.45, 2.75) is 25.5 Å². The third kappa shape index (κ3) is 3.52. The van der Waals surface area contributed by atoms with Gasteiger partial charge in [0, 0.05) is 13.0 Å². The first-order valence-corrected chi connectivity index (χ1v) is 8.17. The zero-order valence-electron chi connectivity index (χ0n) is 13.5. The van der Waals surface area contributed by atoms with E-state index in [0.29, 0.717) is 31.0 Å². The van der Waals surface area contributed by atoms with E-state index in [2.05, 4.69) is 15.5 Å². The summed E-state index contributed by atoms with van der Waals surface area (Å²) < 4.78 is 5.69. The molecule has 1 aliphatic rings. The minimum absolute atomic E-state index is 0.205. The van der Waals surface area contributed by atoms with Crippen molar-refractivity contribution in [3.63, 3.8) is 0 Å². The average Bonchev–Trinajstić information content (AvgIpc) is 3.27. The second-order valence-electron chi connectivity index (χ2n) is 5.92. The molecule has 0 unspecified atom stereocenters. The van der Waals surface area contributed by atoms with Gasteiger partial charge in [0.25, 0.3) is 5.91 Å². The molecule has 0 fully saturated rings. The number of oxime groups is 1. The Morgan fingerprint density at radius 3 is 2.76 bits per heavy atom. The van der Waals surface area contributed by atoms with Crippen molar-refractivity contribution in [2.24, 2.45) is 5.16 Å². The SMILES string of the molecule is O=C(NCc1ccccc1)C1=NO[C@@H](Cc2nc3ccccc3o2)C1. The summed E-state index contributed by atoms with van der Waals surface area (Å²) in [4.78, 5) is 22.0. The van der Waals surface area contributed by atoms with Crippen molar-refractivity contribution < 1.29 is 14.0 Å². The summed E-state index contributed by atoms with van der Waals surface area (Å²) in [5, 5.41) is 6.77. The van der Waals surface area contributed by atoms with E-state index in [1.807, 2.05) is 54.6 Å². The molecule has 1 atom stereocenters. The van der Waals surface area contributed by atoms with Crippen LogP contribution in [0.25, 0.3) is 11.1 Å². The Balaban J connectivity index is 1.32. The van der Waals surface area contributed by atoms with E-state index in [0.717, 1.165) is 16.7 Å². The first kappa shape index (κ1) is 15.4. The van der Waals surface area contributed by atoms with Gasteiger partial charge in [0.05, 0.1) is 6.42 Å². The van der Waals surface area contributed by atoms with Crippen LogP contribution in [-0.4, -0.2) is 22.7 Å². The van der Waals surface area contributed by atoms with Crippen LogP contribution in [0.3, 0.4) is 0 Å². The Bertz CT molecular complexity index is 885. The lowest BCUT2D eigenvalue weighted by Gasteiger charge is -2.05. The van der Waals surface area contributed by atoms with E-state index in [9.17, 15) is 4.79 Å². The fraction of sp³-hybridized carbons (Fsp3) is 0.211. The summed E-state index contributed by atoms with van der Waals surface area (Å²) in [6, 6.07) is 17.3. The van der Waals surface area contributed by atoms with Crippen LogP contribution >= 0.6 is 0 Å². The zero-order chi connectivity index (χ0) is 17.1. The fourth-order valence-corrected chi connectivity index (χ4v) is 2.75. The van der Waals surface area contributed by atoms with Crippen molar-refractivity contribution in [1.82, 2.24) is 10.3 Å². The van der Waals surface area contributed by atoms with Gasteiger partial charge in [-0.2, -0.15) is 0 Å². The predicted octanol–water partition coefficient (Wildman–Crippen LogP) is 2.83. The van der Waals surface area contributed by atoms with Crippen LogP contribution < -0.4 is 5.32 Å². The number of amides is 1. The molecule has 1 N–H and O–H groups in total. The van der Waals surface area contributed by atoms with Gasteiger partial charge in [-0.3, -0.25) is 4.79 Å². The molecule has 3 aromatic rings. The number of carbonyl (C=O) groups is 1. The van der Waals surface area contributed by atoms with Crippen LogP contribution in [0.2, 0.25) is 0 Å². The molecule has 6 nitrogen and oxygen atoms in total. The number of oxazole rings is 1. The predicted molar refractivity (Wildman–Crippen MR) is 92.9 cm³/mol. The molecule has 126 valence electrons. The maximum Gasteiger partial charge on any atom is 0.269 e. The van der Waals surface area contributed by atoms with Crippen LogP contribution in [0.4, 0.5) is 0 Å². The van der Waals surface area contributed by atoms with Gasteiger partial charge in [-0.1, -0.05) is 47.6 Å². The Morgan fingerprint density at radius 1 is 1.12 bits per heavy atom. The molecule has 6 heteroatoms. The number of nitrogens with one attached hydrogen (secondary N) is 1. The van der Waals surface area contributed by atoms with Gasteiger partial charge in [-0.25, -0.2) is 4.98 Å². The van der Waals surface area contributed by atoms with Gasteiger partial charge in [0.1, 0.15) is 17.3 Å². The monoisotopic (exact) mass is 335 g/mol. The highest BCUT2D eigenvalue weighted by Gasteiger charge is 2.27. The van der Waals surface area contributed by atoms with Crippen molar-refractivity contribution in [2.75, 3.05) is 0 Å². The molecule has 0 aliphatic carbocycles. The molecular weight excluding hydrogens is 318 g/mol. The van der Waals surface area contributed by atoms with E-state index in [4.69, 9.17) is 9.25 Å². The molecule has 4 rings (SSSR count). The number of nitrogens with zero attached hydrogens (tertiary/aromatic N) is 2. The minimum atomic E-state index is -0.231. The molecule has 0 saturated carbocycles. The van der Waals surface area contributed by atoms with Gasteiger partial charge < -0.3 is 14.6 Å². The summed E-state index contributed by atoms with van der Waals surface area (Å²) in [6.07, 6.45) is 0.693. The van der Waals surface area contributed by atoms with Crippen LogP contribution in [0.15, 0.2) is 64.2 Å². The molecule has 0 saturated heterocycles. The zero-order valence-corrected chi connectivity index (χ0v) is 13.5. The number of fused-ring (bicyclic) bond motifs is 1.